The monoisotopic (exact) mass is 239 g/mol. The molecule has 2 nitrogen and oxygen atoms in total. The van der Waals surface area contributed by atoms with Crippen molar-refractivity contribution in [3.63, 3.8) is 0 Å². The van der Waals surface area contributed by atoms with Gasteiger partial charge in [-0.25, -0.2) is 0 Å². The van der Waals surface area contributed by atoms with Crippen molar-refractivity contribution < 1.29 is 4.74 Å². The summed E-state index contributed by atoms with van der Waals surface area (Å²) in [7, 11) is 0. The summed E-state index contributed by atoms with van der Waals surface area (Å²) in [4.78, 5) is 0. The third-order valence-electron chi connectivity index (χ3n) is 4.62. The SMILES string of the molecule is CC1(CNC2CCCCCCC2)CCOCC1. The van der Waals surface area contributed by atoms with Crippen molar-refractivity contribution in [1.29, 1.82) is 0 Å². The molecular formula is C15H29NO. The Morgan fingerprint density at radius 1 is 1.00 bits per heavy atom. The standard InChI is InChI=1S/C15H29NO/c1-15(9-11-17-12-10-15)13-16-14-7-5-3-2-4-6-8-14/h14,16H,2-13H2,1H3. The Morgan fingerprint density at radius 2 is 1.59 bits per heavy atom. The molecule has 0 unspecified atom stereocenters. The van der Waals surface area contributed by atoms with Crippen LogP contribution in [-0.4, -0.2) is 25.8 Å². The van der Waals surface area contributed by atoms with E-state index in [9.17, 15) is 0 Å². The van der Waals surface area contributed by atoms with Crippen molar-refractivity contribution in [3.05, 3.63) is 0 Å². The Labute approximate surface area is 107 Å². The Hall–Kier alpha value is -0.0800. The second kappa shape index (κ2) is 6.75. The number of hydrogen-bond donors (Lipinski definition) is 1. The average molecular weight is 239 g/mol. The van der Waals surface area contributed by atoms with E-state index in [1.54, 1.807) is 0 Å². The molecule has 0 aromatic heterocycles. The smallest absolute Gasteiger partial charge is 0.0471 e. The Morgan fingerprint density at radius 3 is 2.24 bits per heavy atom. The summed E-state index contributed by atoms with van der Waals surface area (Å²) in [6.45, 7) is 5.54. The van der Waals surface area contributed by atoms with Crippen LogP contribution in [0.5, 0.6) is 0 Å². The zero-order valence-electron chi connectivity index (χ0n) is 11.5. The molecule has 1 aliphatic carbocycles. The van der Waals surface area contributed by atoms with E-state index in [1.807, 2.05) is 0 Å². The Bertz CT molecular complexity index is 203. The maximum Gasteiger partial charge on any atom is 0.0471 e. The van der Waals surface area contributed by atoms with Gasteiger partial charge in [0.05, 0.1) is 0 Å². The van der Waals surface area contributed by atoms with E-state index in [0.717, 1.165) is 19.3 Å². The molecule has 1 heterocycles. The summed E-state index contributed by atoms with van der Waals surface area (Å²) in [6, 6.07) is 0.787. The van der Waals surface area contributed by atoms with Crippen molar-refractivity contribution in [2.75, 3.05) is 19.8 Å². The predicted molar refractivity (Wildman–Crippen MR) is 72.3 cm³/mol. The lowest BCUT2D eigenvalue weighted by atomic mass is 9.82. The van der Waals surface area contributed by atoms with Crippen LogP contribution in [0.1, 0.15) is 64.7 Å². The average Bonchev–Trinajstić information content (AvgIpc) is 2.28. The molecule has 0 amide bonds. The maximum atomic E-state index is 5.47. The highest BCUT2D eigenvalue weighted by Gasteiger charge is 2.27. The molecule has 2 heteroatoms. The van der Waals surface area contributed by atoms with Crippen LogP contribution in [0.15, 0.2) is 0 Å². The normalized spacial score (nSPS) is 27.4. The maximum absolute atomic E-state index is 5.47. The number of ether oxygens (including phenoxy) is 1. The topological polar surface area (TPSA) is 21.3 Å². The van der Waals surface area contributed by atoms with Gasteiger partial charge in [0.1, 0.15) is 0 Å². The molecular weight excluding hydrogens is 210 g/mol. The van der Waals surface area contributed by atoms with Gasteiger partial charge in [-0.1, -0.05) is 39.0 Å². The fourth-order valence-corrected chi connectivity index (χ4v) is 3.09. The fraction of sp³-hybridized carbons (Fsp3) is 1.00. The van der Waals surface area contributed by atoms with Gasteiger partial charge in [-0.05, 0) is 31.1 Å². The highest BCUT2D eigenvalue weighted by molar-refractivity contribution is 4.82. The van der Waals surface area contributed by atoms with Gasteiger partial charge in [0.25, 0.3) is 0 Å². The first-order chi connectivity index (χ1) is 8.29. The second-order valence-corrected chi connectivity index (χ2v) is 6.35. The van der Waals surface area contributed by atoms with E-state index in [2.05, 4.69) is 12.2 Å². The van der Waals surface area contributed by atoms with Crippen molar-refractivity contribution in [3.8, 4) is 0 Å². The van der Waals surface area contributed by atoms with Crippen LogP contribution >= 0.6 is 0 Å². The van der Waals surface area contributed by atoms with Gasteiger partial charge in [-0.3, -0.25) is 0 Å². The lowest BCUT2D eigenvalue weighted by Gasteiger charge is -2.35. The fourth-order valence-electron chi connectivity index (χ4n) is 3.09. The van der Waals surface area contributed by atoms with E-state index < -0.39 is 0 Å². The van der Waals surface area contributed by atoms with Crippen molar-refractivity contribution >= 4 is 0 Å². The largest absolute Gasteiger partial charge is 0.381 e. The molecule has 0 spiro atoms. The van der Waals surface area contributed by atoms with Crippen LogP contribution in [0.2, 0.25) is 0 Å². The summed E-state index contributed by atoms with van der Waals surface area (Å²) < 4.78 is 5.47. The minimum Gasteiger partial charge on any atom is -0.381 e. The molecule has 0 bridgehead atoms. The minimum atomic E-state index is 0.487. The molecule has 1 N–H and O–H groups in total. The van der Waals surface area contributed by atoms with Gasteiger partial charge in [-0.15, -0.1) is 0 Å². The summed E-state index contributed by atoms with van der Waals surface area (Å²) in [6.07, 6.45) is 12.5. The number of hydrogen-bond acceptors (Lipinski definition) is 2. The lowest BCUT2D eigenvalue weighted by molar-refractivity contribution is 0.0225. The molecule has 1 aliphatic heterocycles. The first-order valence-electron chi connectivity index (χ1n) is 7.60. The van der Waals surface area contributed by atoms with Crippen molar-refractivity contribution in [2.24, 2.45) is 5.41 Å². The summed E-state index contributed by atoms with van der Waals surface area (Å²) in [5.74, 6) is 0. The van der Waals surface area contributed by atoms with Gasteiger partial charge in [0.15, 0.2) is 0 Å². The molecule has 100 valence electrons. The molecule has 0 aromatic carbocycles. The highest BCUT2D eigenvalue weighted by Crippen LogP contribution is 2.29. The zero-order chi connectivity index (χ0) is 12.0. The predicted octanol–water partition coefficient (Wildman–Crippen LogP) is 3.51. The van der Waals surface area contributed by atoms with Crippen LogP contribution in [0.4, 0.5) is 0 Å². The van der Waals surface area contributed by atoms with Crippen molar-refractivity contribution in [2.45, 2.75) is 70.8 Å². The molecule has 17 heavy (non-hydrogen) atoms. The second-order valence-electron chi connectivity index (χ2n) is 6.35. The number of nitrogens with one attached hydrogen (secondary N) is 1. The zero-order valence-corrected chi connectivity index (χ0v) is 11.5. The summed E-state index contributed by atoms with van der Waals surface area (Å²) >= 11 is 0. The van der Waals surface area contributed by atoms with Gasteiger partial charge < -0.3 is 10.1 Å². The molecule has 0 atom stereocenters. The van der Waals surface area contributed by atoms with Crippen LogP contribution in [0, 0.1) is 5.41 Å². The van der Waals surface area contributed by atoms with Gasteiger partial charge in [0, 0.05) is 25.8 Å². The van der Waals surface area contributed by atoms with E-state index in [-0.39, 0.29) is 0 Å². The third kappa shape index (κ3) is 4.59. The number of rotatable bonds is 3. The molecule has 0 radical (unpaired) electrons. The molecule has 2 aliphatic rings. The highest BCUT2D eigenvalue weighted by atomic mass is 16.5. The van der Waals surface area contributed by atoms with E-state index >= 15 is 0 Å². The first kappa shape index (κ1) is 13.4. The Kier molecular flexibility index (Phi) is 5.30. The minimum absolute atomic E-state index is 0.487. The van der Waals surface area contributed by atoms with E-state index in [1.165, 1.54) is 64.3 Å². The quantitative estimate of drug-likeness (QED) is 0.814. The van der Waals surface area contributed by atoms with Crippen molar-refractivity contribution in [1.82, 2.24) is 5.32 Å². The van der Waals surface area contributed by atoms with Crippen LogP contribution in [0.3, 0.4) is 0 Å². The van der Waals surface area contributed by atoms with E-state index in [4.69, 9.17) is 4.74 Å². The van der Waals surface area contributed by atoms with Gasteiger partial charge >= 0.3 is 0 Å². The van der Waals surface area contributed by atoms with Gasteiger partial charge in [-0.2, -0.15) is 0 Å². The Balaban J connectivity index is 1.71. The molecule has 2 fully saturated rings. The van der Waals surface area contributed by atoms with Crippen LogP contribution in [-0.2, 0) is 4.74 Å². The molecule has 2 rings (SSSR count). The summed E-state index contributed by atoms with van der Waals surface area (Å²) in [5, 5.41) is 3.84. The third-order valence-corrected chi connectivity index (χ3v) is 4.62. The van der Waals surface area contributed by atoms with E-state index in [0.29, 0.717) is 5.41 Å². The molecule has 0 aromatic rings. The van der Waals surface area contributed by atoms with Gasteiger partial charge in [0.2, 0.25) is 0 Å². The molecule has 1 saturated heterocycles. The molecule has 1 saturated carbocycles. The van der Waals surface area contributed by atoms with Crippen LogP contribution in [0.25, 0.3) is 0 Å². The summed E-state index contributed by atoms with van der Waals surface area (Å²) in [5.41, 5.74) is 0.487. The first-order valence-corrected chi connectivity index (χ1v) is 7.60. The van der Waals surface area contributed by atoms with Crippen LogP contribution < -0.4 is 5.32 Å². The lowest BCUT2D eigenvalue weighted by Crippen LogP contribution is -2.41.